The summed E-state index contributed by atoms with van der Waals surface area (Å²) < 4.78 is 15.7. The van der Waals surface area contributed by atoms with Crippen LogP contribution in [0.15, 0.2) is 0 Å². The molecule has 0 aliphatic rings. The van der Waals surface area contributed by atoms with E-state index in [2.05, 4.69) is 10.1 Å². The van der Waals surface area contributed by atoms with Crippen molar-refractivity contribution in [2.24, 2.45) is 0 Å². The van der Waals surface area contributed by atoms with Crippen molar-refractivity contribution in [1.29, 1.82) is 0 Å². The molecule has 0 aromatic rings. The monoisotopic (exact) mass is 223 g/mol. The molecule has 6 nitrogen and oxygen atoms in total. The average Bonchev–Trinajstić information content (AvgIpc) is 2.02. The van der Waals surface area contributed by atoms with Gasteiger partial charge in [0.25, 0.3) is 0 Å². The van der Waals surface area contributed by atoms with E-state index in [0.717, 1.165) is 0 Å². The third-order valence-corrected chi connectivity index (χ3v) is 2.48. The standard InChI is InChI=1S/C7H13NO5S/c1-5(9)8-6(7(10)11)3-14(12)4-13-2/h6H,3-4H2,1-2H3,(H,8,9)(H,10,11)/t6-,14?/m0/s1. The molecule has 0 radical (unpaired) electrons. The number of hydrogen-bond acceptors (Lipinski definition) is 4. The fourth-order valence-electron chi connectivity index (χ4n) is 0.786. The van der Waals surface area contributed by atoms with Gasteiger partial charge in [0, 0.05) is 24.8 Å². The Bertz CT molecular complexity index is 242. The fraction of sp³-hybridized carbons (Fsp3) is 0.714. The molecular formula is C7H13NO5S. The molecule has 2 atom stereocenters. The average molecular weight is 223 g/mol. The van der Waals surface area contributed by atoms with Crippen LogP contribution in [-0.4, -0.2) is 46.0 Å². The predicted molar refractivity (Wildman–Crippen MR) is 50.1 cm³/mol. The molecule has 0 aromatic heterocycles. The Morgan fingerprint density at radius 3 is 2.50 bits per heavy atom. The molecule has 0 saturated heterocycles. The number of aliphatic carboxylic acids is 1. The Hall–Kier alpha value is -0.950. The molecule has 14 heavy (non-hydrogen) atoms. The van der Waals surface area contributed by atoms with Gasteiger partial charge in [0.1, 0.15) is 12.0 Å². The third-order valence-electron chi connectivity index (χ3n) is 1.28. The maximum Gasteiger partial charge on any atom is 0.327 e. The molecule has 0 fully saturated rings. The van der Waals surface area contributed by atoms with Crippen LogP contribution in [0.4, 0.5) is 0 Å². The van der Waals surface area contributed by atoms with Gasteiger partial charge in [-0.05, 0) is 0 Å². The van der Waals surface area contributed by atoms with Crippen molar-refractivity contribution in [1.82, 2.24) is 5.32 Å². The maximum absolute atomic E-state index is 11.1. The molecule has 1 unspecified atom stereocenters. The number of carboxylic acid groups (broad SMARTS) is 1. The van der Waals surface area contributed by atoms with Crippen molar-refractivity contribution in [2.45, 2.75) is 13.0 Å². The van der Waals surface area contributed by atoms with Crippen molar-refractivity contribution in [3.8, 4) is 0 Å². The zero-order valence-corrected chi connectivity index (χ0v) is 8.80. The summed E-state index contributed by atoms with van der Waals surface area (Å²) in [4.78, 5) is 21.2. The second-order valence-electron chi connectivity index (χ2n) is 2.60. The zero-order valence-electron chi connectivity index (χ0n) is 7.98. The SMILES string of the molecule is COCS(=O)C[C@H](NC(C)=O)C(=O)O. The summed E-state index contributed by atoms with van der Waals surface area (Å²) >= 11 is 0. The summed E-state index contributed by atoms with van der Waals surface area (Å²) in [6.07, 6.45) is 0. The van der Waals surface area contributed by atoms with Crippen molar-refractivity contribution in [3.05, 3.63) is 0 Å². The predicted octanol–water partition coefficient (Wildman–Crippen LogP) is -1.07. The fourth-order valence-corrected chi connectivity index (χ4v) is 1.74. The Morgan fingerprint density at radius 1 is 1.57 bits per heavy atom. The number of carboxylic acids is 1. The van der Waals surface area contributed by atoms with Gasteiger partial charge < -0.3 is 15.2 Å². The first-order chi connectivity index (χ1) is 6.47. The van der Waals surface area contributed by atoms with E-state index in [1.807, 2.05) is 0 Å². The lowest BCUT2D eigenvalue weighted by atomic mass is 10.3. The van der Waals surface area contributed by atoms with Gasteiger partial charge >= 0.3 is 5.97 Å². The van der Waals surface area contributed by atoms with Crippen LogP contribution in [0.5, 0.6) is 0 Å². The van der Waals surface area contributed by atoms with Gasteiger partial charge in [-0.3, -0.25) is 9.00 Å². The van der Waals surface area contributed by atoms with Gasteiger partial charge in [-0.1, -0.05) is 0 Å². The lowest BCUT2D eigenvalue weighted by Gasteiger charge is -2.11. The summed E-state index contributed by atoms with van der Waals surface area (Å²) in [7, 11) is -0.0378. The van der Waals surface area contributed by atoms with Crippen LogP contribution in [0.3, 0.4) is 0 Å². The Balaban J connectivity index is 4.16. The first-order valence-electron chi connectivity index (χ1n) is 3.81. The summed E-state index contributed by atoms with van der Waals surface area (Å²) in [5.41, 5.74) is 0. The number of carbonyl (C=O) groups excluding carboxylic acids is 1. The molecule has 1 amide bonds. The van der Waals surface area contributed by atoms with Crippen molar-refractivity contribution >= 4 is 22.7 Å². The topological polar surface area (TPSA) is 92.7 Å². The van der Waals surface area contributed by atoms with Gasteiger partial charge in [0.05, 0.1) is 5.75 Å². The summed E-state index contributed by atoms with van der Waals surface area (Å²) in [6.45, 7) is 1.20. The lowest BCUT2D eigenvalue weighted by molar-refractivity contribution is -0.140. The van der Waals surface area contributed by atoms with E-state index in [1.165, 1.54) is 14.0 Å². The summed E-state index contributed by atoms with van der Waals surface area (Å²) in [5.74, 6) is -1.86. The molecule has 82 valence electrons. The molecule has 7 heteroatoms. The molecule has 0 aliphatic heterocycles. The van der Waals surface area contributed by atoms with E-state index in [1.54, 1.807) is 0 Å². The molecule has 0 heterocycles. The van der Waals surface area contributed by atoms with E-state index in [9.17, 15) is 13.8 Å². The second-order valence-corrected chi connectivity index (χ2v) is 4.05. The van der Waals surface area contributed by atoms with Crippen LogP contribution in [-0.2, 0) is 25.1 Å². The summed E-state index contributed by atoms with van der Waals surface area (Å²) in [5, 5.41) is 10.8. The lowest BCUT2D eigenvalue weighted by Crippen LogP contribution is -2.43. The molecular weight excluding hydrogens is 210 g/mol. The second kappa shape index (κ2) is 6.50. The van der Waals surface area contributed by atoms with Crippen molar-refractivity contribution in [2.75, 3.05) is 18.8 Å². The highest BCUT2D eigenvalue weighted by Gasteiger charge is 2.20. The molecule has 0 aliphatic carbocycles. The van der Waals surface area contributed by atoms with E-state index >= 15 is 0 Å². The van der Waals surface area contributed by atoms with Crippen LogP contribution in [0.25, 0.3) is 0 Å². The highest BCUT2D eigenvalue weighted by Crippen LogP contribution is 1.91. The first-order valence-corrected chi connectivity index (χ1v) is 5.30. The van der Waals surface area contributed by atoms with Crippen LogP contribution < -0.4 is 5.32 Å². The van der Waals surface area contributed by atoms with Crippen LogP contribution >= 0.6 is 0 Å². The zero-order chi connectivity index (χ0) is 11.1. The Morgan fingerprint density at radius 2 is 2.14 bits per heavy atom. The van der Waals surface area contributed by atoms with Crippen LogP contribution in [0.1, 0.15) is 6.92 Å². The maximum atomic E-state index is 11.1. The molecule has 0 rings (SSSR count). The minimum atomic E-state index is -1.40. The Kier molecular flexibility index (Phi) is 6.06. The van der Waals surface area contributed by atoms with Crippen LogP contribution in [0.2, 0.25) is 0 Å². The summed E-state index contributed by atoms with van der Waals surface area (Å²) in [6, 6.07) is -1.12. The number of hydrogen-bond donors (Lipinski definition) is 2. The molecule has 0 bridgehead atoms. The van der Waals surface area contributed by atoms with Crippen molar-refractivity contribution < 1.29 is 23.6 Å². The number of amides is 1. The molecule has 0 aromatic carbocycles. The number of rotatable bonds is 6. The Labute approximate surface area is 84.1 Å². The molecule has 0 spiro atoms. The van der Waals surface area contributed by atoms with E-state index in [-0.39, 0.29) is 11.7 Å². The third kappa shape index (κ3) is 5.65. The minimum Gasteiger partial charge on any atom is -0.480 e. The van der Waals surface area contributed by atoms with Gasteiger partial charge in [-0.15, -0.1) is 0 Å². The van der Waals surface area contributed by atoms with Crippen LogP contribution in [0, 0.1) is 0 Å². The number of methoxy groups -OCH3 is 1. The van der Waals surface area contributed by atoms with Gasteiger partial charge in [-0.2, -0.15) is 0 Å². The largest absolute Gasteiger partial charge is 0.480 e. The van der Waals surface area contributed by atoms with E-state index < -0.39 is 28.7 Å². The molecule has 0 saturated carbocycles. The smallest absolute Gasteiger partial charge is 0.327 e. The quantitative estimate of drug-likeness (QED) is 0.598. The number of ether oxygens (including phenoxy) is 1. The highest BCUT2D eigenvalue weighted by atomic mass is 32.2. The van der Waals surface area contributed by atoms with Crippen molar-refractivity contribution in [3.63, 3.8) is 0 Å². The minimum absolute atomic E-state index is 0.0383. The van der Waals surface area contributed by atoms with E-state index in [4.69, 9.17) is 5.11 Å². The van der Waals surface area contributed by atoms with E-state index in [0.29, 0.717) is 0 Å². The number of nitrogens with one attached hydrogen (secondary N) is 1. The van der Waals surface area contributed by atoms with Gasteiger partial charge in [-0.25, -0.2) is 4.79 Å². The van der Waals surface area contributed by atoms with Gasteiger partial charge in [0.2, 0.25) is 5.91 Å². The number of carbonyl (C=O) groups is 2. The molecule has 2 N–H and O–H groups in total. The van der Waals surface area contributed by atoms with Gasteiger partial charge in [0.15, 0.2) is 0 Å². The normalized spacial score (nSPS) is 14.4. The highest BCUT2D eigenvalue weighted by molar-refractivity contribution is 7.84. The first kappa shape index (κ1) is 13.1.